The van der Waals surface area contributed by atoms with Crippen molar-refractivity contribution in [3.05, 3.63) is 47.5 Å². The monoisotopic (exact) mass is 542 g/mol. The second kappa shape index (κ2) is 12.9. The fourth-order valence-corrected chi connectivity index (χ4v) is 4.83. The van der Waals surface area contributed by atoms with Gasteiger partial charge in [-0.25, -0.2) is 9.59 Å². The van der Waals surface area contributed by atoms with Crippen molar-refractivity contribution >= 4 is 32.2 Å². The first-order valence-corrected chi connectivity index (χ1v) is 14.4. The number of esters is 2. The van der Waals surface area contributed by atoms with Gasteiger partial charge >= 0.3 is 11.9 Å². The molecule has 2 aromatic carbocycles. The summed E-state index contributed by atoms with van der Waals surface area (Å²) < 4.78 is 78.3. The van der Waals surface area contributed by atoms with Gasteiger partial charge in [-0.2, -0.15) is 16.8 Å². The van der Waals surface area contributed by atoms with Gasteiger partial charge < -0.3 is 9.47 Å². The van der Waals surface area contributed by atoms with Crippen molar-refractivity contribution in [3.63, 3.8) is 0 Å². The normalized spacial score (nSPS) is 11.8. The molecule has 0 aliphatic carbocycles. The molecule has 10 nitrogen and oxygen atoms in total. The molecule has 0 amide bonds. The van der Waals surface area contributed by atoms with Crippen molar-refractivity contribution in [3.8, 4) is 11.1 Å². The third-order valence-corrected chi connectivity index (χ3v) is 7.03. The van der Waals surface area contributed by atoms with E-state index >= 15 is 0 Å². The van der Waals surface area contributed by atoms with Crippen molar-refractivity contribution in [2.45, 2.75) is 62.2 Å². The van der Waals surface area contributed by atoms with Gasteiger partial charge in [-0.15, -0.1) is 0 Å². The molecular weight excluding hydrogens is 512 g/mol. The Hall–Kier alpha value is -2.80. The van der Waals surface area contributed by atoms with Crippen LogP contribution in [0.1, 0.15) is 73.1 Å². The lowest BCUT2D eigenvalue weighted by atomic mass is 10.0. The Morgan fingerprint density at radius 1 is 0.667 bits per heavy atom. The van der Waals surface area contributed by atoms with E-state index in [1.165, 1.54) is 12.1 Å². The third-order valence-electron chi connectivity index (χ3n) is 5.24. The average molecular weight is 543 g/mol. The highest BCUT2D eigenvalue weighted by atomic mass is 32.2. The minimum Gasteiger partial charge on any atom is -0.462 e. The van der Waals surface area contributed by atoms with Crippen LogP contribution >= 0.6 is 0 Å². The van der Waals surface area contributed by atoms with Gasteiger partial charge in [-0.05, 0) is 37.1 Å². The standard InChI is InChI=1S/C24H30O10S2/c1-3-5-7-13-33-23(25)17-9-11-19(21(15-17)35(27,28)29)20-12-10-18(16-22(20)36(30,31)32)24(26)34-14-8-6-4-2/h9-12,15-16H,3-8,13-14H2,1-2H3,(H,27,28,29)(H,30,31,32). The van der Waals surface area contributed by atoms with E-state index in [2.05, 4.69) is 0 Å². The minimum atomic E-state index is -4.95. The zero-order valence-electron chi connectivity index (χ0n) is 20.1. The van der Waals surface area contributed by atoms with Crippen molar-refractivity contribution in [2.24, 2.45) is 0 Å². The molecule has 0 heterocycles. The van der Waals surface area contributed by atoms with Gasteiger partial charge in [0.05, 0.1) is 24.3 Å². The molecule has 0 atom stereocenters. The first-order chi connectivity index (χ1) is 16.9. The SMILES string of the molecule is CCCCCOC(=O)c1ccc(-c2ccc(C(=O)OCCCCC)cc2S(=O)(=O)O)c(S(=O)(=O)O)c1. The Morgan fingerprint density at radius 2 is 1.03 bits per heavy atom. The molecule has 0 saturated carbocycles. The van der Waals surface area contributed by atoms with E-state index < -0.39 is 42.0 Å². The van der Waals surface area contributed by atoms with Gasteiger partial charge in [0.25, 0.3) is 20.2 Å². The Bertz CT molecular complexity index is 1200. The maximum absolute atomic E-state index is 12.3. The van der Waals surface area contributed by atoms with Gasteiger partial charge in [-0.1, -0.05) is 51.7 Å². The maximum atomic E-state index is 12.3. The second-order valence-electron chi connectivity index (χ2n) is 8.06. The molecule has 0 spiro atoms. The molecule has 2 aromatic rings. The third kappa shape index (κ3) is 8.12. The van der Waals surface area contributed by atoms with Crippen molar-refractivity contribution in [1.29, 1.82) is 0 Å². The Morgan fingerprint density at radius 3 is 1.33 bits per heavy atom. The smallest absolute Gasteiger partial charge is 0.338 e. The number of unbranched alkanes of at least 4 members (excludes halogenated alkanes) is 4. The molecule has 0 aliphatic heterocycles. The second-order valence-corrected chi connectivity index (χ2v) is 10.8. The van der Waals surface area contributed by atoms with E-state index in [9.17, 15) is 35.5 Å². The summed E-state index contributed by atoms with van der Waals surface area (Å²) in [6.45, 7) is 4.20. The number of rotatable bonds is 13. The Kier molecular flexibility index (Phi) is 10.6. The molecule has 12 heteroatoms. The first kappa shape index (κ1) is 29.4. The molecular formula is C24H30O10S2. The number of benzene rings is 2. The van der Waals surface area contributed by atoms with E-state index in [0.717, 1.165) is 49.9 Å². The molecule has 0 aromatic heterocycles. The van der Waals surface area contributed by atoms with Gasteiger partial charge in [0, 0.05) is 11.1 Å². The summed E-state index contributed by atoms with van der Waals surface area (Å²) in [5, 5.41) is 0. The average Bonchev–Trinajstić information content (AvgIpc) is 2.82. The van der Waals surface area contributed by atoms with E-state index in [4.69, 9.17) is 9.47 Å². The number of ether oxygens (including phenoxy) is 2. The lowest BCUT2D eigenvalue weighted by molar-refractivity contribution is 0.0488. The minimum absolute atomic E-state index is 0.124. The summed E-state index contributed by atoms with van der Waals surface area (Å²) in [7, 11) is -9.90. The molecule has 36 heavy (non-hydrogen) atoms. The molecule has 0 unspecified atom stereocenters. The fraction of sp³-hybridized carbons (Fsp3) is 0.417. The Balaban J connectivity index is 2.51. The van der Waals surface area contributed by atoms with Crippen LogP contribution in [0.25, 0.3) is 11.1 Å². The van der Waals surface area contributed by atoms with Crippen LogP contribution in [0.4, 0.5) is 0 Å². The number of carbonyl (C=O) groups is 2. The topological polar surface area (TPSA) is 161 Å². The van der Waals surface area contributed by atoms with Crippen LogP contribution in [0.15, 0.2) is 46.2 Å². The van der Waals surface area contributed by atoms with Crippen LogP contribution in [0, 0.1) is 0 Å². The molecule has 0 radical (unpaired) electrons. The summed E-state index contributed by atoms with van der Waals surface area (Å²) in [6.07, 6.45) is 4.73. The maximum Gasteiger partial charge on any atom is 0.338 e. The van der Waals surface area contributed by atoms with Gasteiger partial charge in [0.1, 0.15) is 9.79 Å². The summed E-state index contributed by atoms with van der Waals surface area (Å²) in [4.78, 5) is 23.1. The predicted octanol–water partition coefficient (Wildman–Crippen LogP) is 4.54. The van der Waals surface area contributed by atoms with E-state index in [0.29, 0.717) is 12.8 Å². The van der Waals surface area contributed by atoms with E-state index in [1.54, 1.807) is 0 Å². The molecule has 2 N–H and O–H groups in total. The Labute approximate surface area is 211 Å². The molecule has 198 valence electrons. The lowest BCUT2D eigenvalue weighted by Crippen LogP contribution is -2.11. The van der Waals surface area contributed by atoms with Gasteiger partial charge in [0.15, 0.2) is 0 Å². The van der Waals surface area contributed by atoms with Crippen LogP contribution < -0.4 is 0 Å². The molecule has 0 saturated heterocycles. The van der Waals surface area contributed by atoms with Crippen LogP contribution in [-0.2, 0) is 29.7 Å². The summed E-state index contributed by atoms with van der Waals surface area (Å²) in [5.41, 5.74) is -0.974. The van der Waals surface area contributed by atoms with Crippen molar-refractivity contribution in [1.82, 2.24) is 0 Å². The number of hydrogen-bond donors (Lipinski definition) is 2. The fourth-order valence-electron chi connectivity index (χ4n) is 3.37. The highest BCUT2D eigenvalue weighted by Gasteiger charge is 2.26. The van der Waals surface area contributed by atoms with Crippen LogP contribution in [0.2, 0.25) is 0 Å². The molecule has 0 fully saturated rings. The first-order valence-electron chi connectivity index (χ1n) is 11.5. The molecule has 2 rings (SSSR count). The lowest BCUT2D eigenvalue weighted by Gasteiger charge is -2.14. The van der Waals surface area contributed by atoms with Crippen LogP contribution in [-0.4, -0.2) is 51.1 Å². The number of carbonyl (C=O) groups excluding carboxylic acids is 2. The van der Waals surface area contributed by atoms with Gasteiger partial charge in [0.2, 0.25) is 0 Å². The summed E-state index contributed by atoms with van der Waals surface area (Å²) >= 11 is 0. The quantitative estimate of drug-likeness (QED) is 0.209. The molecule has 0 bridgehead atoms. The summed E-state index contributed by atoms with van der Waals surface area (Å²) in [5.74, 6) is -1.64. The highest BCUT2D eigenvalue weighted by Crippen LogP contribution is 2.34. The van der Waals surface area contributed by atoms with Crippen LogP contribution in [0.3, 0.4) is 0 Å². The summed E-state index contributed by atoms with van der Waals surface area (Å²) in [6, 6.07) is 6.34. The largest absolute Gasteiger partial charge is 0.462 e. The van der Waals surface area contributed by atoms with Crippen molar-refractivity contribution in [2.75, 3.05) is 13.2 Å². The highest BCUT2D eigenvalue weighted by molar-refractivity contribution is 7.86. The predicted molar refractivity (Wildman–Crippen MR) is 131 cm³/mol. The number of hydrogen-bond acceptors (Lipinski definition) is 8. The molecule has 0 aliphatic rings. The zero-order valence-corrected chi connectivity index (χ0v) is 21.7. The zero-order chi connectivity index (χ0) is 26.9. The van der Waals surface area contributed by atoms with Gasteiger partial charge in [-0.3, -0.25) is 9.11 Å². The van der Waals surface area contributed by atoms with Crippen LogP contribution in [0.5, 0.6) is 0 Å². The van der Waals surface area contributed by atoms with E-state index in [1.807, 2.05) is 13.8 Å². The van der Waals surface area contributed by atoms with Crippen molar-refractivity contribution < 1.29 is 45.0 Å². The van der Waals surface area contributed by atoms with E-state index in [-0.39, 0.29) is 35.5 Å².